The van der Waals surface area contributed by atoms with E-state index in [9.17, 15) is 44.1 Å². The van der Waals surface area contributed by atoms with E-state index in [1.54, 1.807) is 14.7 Å². The first kappa shape index (κ1) is 32.7. The summed E-state index contributed by atoms with van der Waals surface area (Å²) < 4.78 is 0. The Morgan fingerprint density at radius 3 is 1.24 bits per heavy atom. The van der Waals surface area contributed by atoms with Gasteiger partial charge in [-0.2, -0.15) is 0 Å². The van der Waals surface area contributed by atoms with E-state index in [-0.39, 0.29) is 38.5 Å². The van der Waals surface area contributed by atoms with E-state index in [1.807, 2.05) is 4.90 Å². The van der Waals surface area contributed by atoms with Gasteiger partial charge in [-0.15, -0.1) is 0 Å². The number of carbonyl (C=O) groups is 6. The number of aliphatic carboxylic acids is 4. The Morgan fingerprint density at radius 1 is 0.500 bits per heavy atom. The molecule has 1 fully saturated rings. The van der Waals surface area contributed by atoms with E-state index in [4.69, 9.17) is 5.11 Å². The van der Waals surface area contributed by atoms with Crippen LogP contribution in [0, 0.1) is 0 Å². The zero-order valence-electron chi connectivity index (χ0n) is 21.3. The van der Waals surface area contributed by atoms with Gasteiger partial charge in [-0.25, -0.2) is 0 Å². The molecule has 16 heteroatoms. The summed E-state index contributed by atoms with van der Waals surface area (Å²) in [4.78, 5) is 75.1. The summed E-state index contributed by atoms with van der Waals surface area (Å²) in [5.74, 6) is -5.25. The van der Waals surface area contributed by atoms with Crippen molar-refractivity contribution < 1.29 is 49.2 Å². The summed E-state index contributed by atoms with van der Waals surface area (Å²) in [5, 5.41) is 40.9. The minimum atomic E-state index is -1.20. The van der Waals surface area contributed by atoms with Crippen LogP contribution in [0.4, 0.5) is 0 Å². The van der Waals surface area contributed by atoms with Gasteiger partial charge < -0.3 is 36.0 Å². The fourth-order valence-corrected chi connectivity index (χ4v) is 3.82. The van der Waals surface area contributed by atoms with E-state index in [1.165, 1.54) is 0 Å². The number of hydrogen-bond acceptors (Lipinski definition) is 10. The lowest BCUT2D eigenvalue weighted by molar-refractivity contribution is -0.140. The lowest BCUT2D eigenvalue weighted by Crippen LogP contribution is -2.48. The molecule has 0 aliphatic carbocycles. The minimum Gasteiger partial charge on any atom is -0.480 e. The topological polar surface area (TPSA) is 220 Å². The summed E-state index contributed by atoms with van der Waals surface area (Å²) in [6.45, 7) is 1.81. The van der Waals surface area contributed by atoms with Gasteiger partial charge in [0.1, 0.15) is 6.54 Å². The van der Waals surface area contributed by atoms with E-state index >= 15 is 0 Å². The Hall–Kier alpha value is -3.34. The van der Waals surface area contributed by atoms with Gasteiger partial charge in [-0.3, -0.25) is 43.5 Å². The molecule has 0 saturated carbocycles. The van der Waals surface area contributed by atoms with Crippen LogP contribution in [-0.2, 0) is 28.8 Å². The SMILES string of the molecule is O=C(O)CNC(=O)CNC(=O)CCCN1CCN(CC(=O)O)CCN(CC(=O)O)CCN(CC(=O)O)CC1. The fraction of sp³-hybridized carbons (Fsp3) is 0.727. The molecule has 216 valence electrons. The number of nitrogens with one attached hydrogen (secondary N) is 2. The molecule has 0 spiro atoms. The Morgan fingerprint density at radius 2 is 0.868 bits per heavy atom. The van der Waals surface area contributed by atoms with Crippen molar-refractivity contribution >= 4 is 35.7 Å². The predicted molar refractivity (Wildman–Crippen MR) is 132 cm³/mol. The molecule has 38 heavy (non-hydrogen) atoms. The molecule has 0 atom stereocenters. The maximum atomic E-state index is 12.1. The average molecular weight is 547 g/mol. The van der Waals surface area contributed by atoms with Crippen LogP contribution in [0.25, 0.3) is 0 Å². The zero-order valence-corrected chi connectivity index (χ0v) is 21.3. The number of nitrogens with zero attached hydrogens (tertiary/aromatic N) is 4. The first-order valence-electron chi connectivity index (χ1n) is 12.2. The molecule has 0 bridgehead atoms. The van der Waals surface area contributed by atoms with E-state index < -0.39 is 36.3 Å². The van der Waals surface area contributed by atoms with Crippen molar-refractivity contribution in [1.82, 2.24) is 30.2 Å². The highest BCUT2D eigenvalue weighted by Crippen LogP contribution is 2.03. The van der Waals surface area contributed by atoms with Crippen molar-refractivity contribution in [2.45, 2.75) is 12.8 Å². The predicted octanol–water partition coefficient (Wildman–Crippen LogP) is -3.44. The van der Waals surface area contributed by atoms with Gasteiger partial charge >= 0.3 is 23.9 Å². The molecule has 0 aromatic rings. The maximum absolute atomic E-state index is 12.1. The van der Waals surface area contributed by atoms with Crippen LogP contribution >= 0.6 is 0 Å². The van der Waals surface area contributed by atoms with Crippen molar-refractivity contribution in [1.29, 1.82) is 0 Å². The first-order chi connectivity index (χ1) is 17.9. The summed E-state index contributed by atoms with van der Waals surface area (Å²) in [6.07, 6.45) is 0.525. The number of carbonyl (C=O) groups excluding carboxylic acids is 2. The standard InChI is InChI=1S/C22H38N6O10/c29-17(23-12-18(30)24-13-19(31)32)2-1-3-25-4-6-26(14-20(33)34)8-10-28(16-22(37)38)11-9-27(7-5-25)15-21(35)36/h1-16H2,(H,23,29)(H,24,30)(H,31,32)(H,33,34)(H,35,36)(H,37,38). The molecule has 1 rings (SSSR count). The molecule has 2 amide bonds. The van der Waals surface area contributed by atoms with E-state index in [0.29, 0.717) is 65.3 Å². The second-order valence-corrected chi connectivity index (χ2v) is 8.90. The minimum absolute atomic E-state index is 0.102. The van der Waals surface area contributed by atoms with Crippen LogP contribution in [0.5, 0.6) is 0 Å². The quantitative estimate of drug-likeness (QED) is 0.125. The van der Waals surface area contributed by atoms with Gasteiger partial charge in [0.15, 0.2) is 0 Å². The molecule has 0 aromatic carbocycles. The number of carboxylic acid groups (broad SMARTS) is 4. The van der Waals surface area contributed by atoms with Gasteiger partial charge in [0.25, 0.3) is 0 Å². The first-order valence-corrected chi connectivity index (χ1v) is 12.2. The smallest absolute Gasteiger partial charge is 0.322 e. The van der Waals surface area contributed by atoms with Crippen LogP contribution in [0.15, 0.2) is 0 Å². The molecular formula is C22H38N6O10. The van der Waals surface area contributed by atoms with Crippen LogP contribution in [0.3, 0.4) is 0 Å². The van der Waals surface area contributed by atoms with Gasteiger partial charge in [-0.1, -0.05) is 0 Å². The van der Waals surface area contributed by atoms with Crippen LogP contribution in [0.2, 0.25) is 0 Å². The van der Waals surface area contributed by atoms with E-state index in [0.717, 1.165) is 0 Å². The second kappa shape index (κ2) is 18.0. The van der Waals surface area contributed by atoms with Gasteiger partial charge in [0.05, 0.1) is 26.2 Å². The number of hydrogen-bond donors (Lipinski definition) is 6. The fourth-order valence-electron chi connectivity index (χ4n) is 3.82. The Kier molecular flexibility index (Phi) is 15.5. The second-order valence-electron chi connectivity index (χ2n) is 8.90. The molecule has 6 N–H and O–H groups in total. The number of amides is 2. The molecule has 0 radical (unpaired) electrons. The molecule has 1 aliphatic rings. The molecule has 16 nitrogen and oxygen atoms in total. The van der Waals surface area contributed by atoms with Crippen molar-refractivity contribution in [2.75, 3.05) is 91.6 Å². The molecule has 0 aromatic heterocycles. The highest BCUT2D eigenvalue weighted by molar-refractivity contribution is 5.86. The third-order valence-corrected chi connectivity index (χ3v) is 5.77. The zero-order chi connectivity index (χ0) is 28.5. The third kappa shape index (κ3) is 16.4. The lowest BCUT2D eigenvalue weighted by atomic mass is 10.2. The third-order valence-electron chi connectivity index (χ3n) is 5.77. The molecule has 1 heterocycles. The Balaban J connectivity index is 2.73. The number of rotatable bonds is 14. The normalized spacial score (nSPS) is 17.1. The Bertz CT molecular complexity index is 794. The summed E-state index contributed by atoms with van der Waals surface area (Å²) in [7, 11) is 0. The average Bonchev–Trinajstić information content (AvgIpc) is 2.81. The van der Waals surface area contributed by atoms with Crippen molar-refractivity contribution in [3.8, 4) is 0 Å². The lowest BCUT2D eigenvalue weighted by Gasteiger charge is -2.33. The Labute approximate surface area is 220 Å². The molecule has 1 saturated heterocycles. The van der Waals surface area contributed by atoms with Crippen LogP contribution in [0.1, 0.15) is 12.8 Å². The highest BCUT2D eigenvalue weighted by atomic mass is 16.4. The number of carboxylic acids is 4. The summed E-state index contributed by atoms with van der Waals surface area (Å²) in [6, 6.07) is 0. The van der Waals surface area contributed by atoms with Crippen LogP contribution in [-0.4, -0.2) is 167 Å². The van der Waals surface area contributed by atoms with E-state index in [2.05, 4.69) is 10.6 Å². The monoisotopic (exact) mass is 546 g/mol. The van der Waals surface area contributed by atoms with Crippen molar-refractivity contribution in [2.24, 2.45) is 0 Å². The highest BCUT2D eigenvalue weighted by Gasteiger charge is 2.20. The molecule has 0 unspecified atom stereocenters. The van der Waals surface area contributed by atoms with Gasteiger partial charge in [-0.05, 0) is 13.0 Å². The van der Waals surface area contributed by atoms with Crippen molar-refractivity contribution in [3.63, 3.8) is 0 Å². The van der Waals surface area contributed by atoms with Gasteiger partial charge in [0.2, 0.25) is 11.8 Å². The molecule has 1 aliphatic heterocycles. The van der Waals surface area contributed by atoms with Crippen molar-refractivity contribution in [3.05, 3.63) is 0 Å². The maximum Gasteiger partial charge on any atom is 0.322 e. The summed E-state index contributed by atoms with van der Waals surface area (Å²) >= 11 is 0. The summed E-state index contributed by atoms with van der Waals surface area (Å²) in [5.41, 5.74) is 0. The largest absolute Gasteiger partial charge is 0.480 e. The molecular weight excluding hydrogens is 508 g/mol. The van der Waals surface area contributed by atoms with Crippen LogP contribution < -0.4 is 10.6 Å². The van der Waals surface area contributed by atoms with Gasteiger partial charge in [0, 0.05) is 58.8 Å².